The Labute approximate surface area is 220 Å². The molecule has 0 radical (unpaired) electrons. The van der Waals surface area contributed by atoms with Crippen molar-refractivity contribution in [1.29, 1.82) is 0 Å². The number of aliphatic carboxylic acids is 1. The summed E-state index contributed by atoms with van der Waals surface area (Å²) in [6.07, 6.45) is -10.2. The fourth-order valence-corrected chi connectivity index (χ4v) is 3.77. The lowest BCUT2D eigenvalue weighted by Crippen LogP contribution is -2.44. The van der Waals surface area contributed by atoms with E-state index in [1.807, 2.05) is 4.90 Å². The number of alkyl halides is 6. The number of nitrogens with one attached hydrogen (secondary N) is 1. The lowest BCUT2D eigenvalue weighted by atomic mass is 10.2. The first-order chi connectivity index (χ1) is 18.6. The number of hydrogen-bond acceptors (Lipinski definition) is 8. The Morgan fingerprint density at radius 1 is 1.00 bits per heavy atom. The number of aromatic nitrogens is 4. The summed E-state index contributed by atoms with van der Waals surface area (Å²) in [4.78, 5) is 52.2. The molecule has 1 aliphatic heterocycles. The summed E-state index contributed by atoms with van der Waals surface area (Å²) >= 11 is 0. The number of benzene rings is 1. The summed E-state index contributed by atoms with van der Waals surface area (Å²) < 4.78 is 77.8. The summed E-state index contributed by atoms with van der Waals surface area (Å²) in [5, 5.41) is 10.3. The van der Waals surface area contributed by atoms with Crippen LogP contribution < -0.4 is 21.5 Å². The predicted octanol–water partition coefficient (Wildman–Crippen LogP) is 1.07. The molecule has 18 heteroatoms. The van der Waals surface area contributed by atoms with Gasteiger partial charge in [0.1, 0.15) is 6.61 Å². The van der Waals surface area contributed by atoms with Gasteiger partial charge < -0.3 is 20.1 Å². The van der Waals surface area contributed by atoms with Crippen LogP contribution in [0.15, 0.2) is 33.9 Å². The molecule has 0 bridgehead atoms. The number of carbonyl (C=O) groups is 2. The largest absolute Gasteiger partial charge is 0.490 e. The number of fused-ring (bicyclic) bond motifs is 1. The topological polar surface area (TPSA) is 141 Å². The molecule has 3 heterocycles. The molecule has 40 heavy (non-hydrogen) atoms. The third-order valence-electron chi connectivity index (χ3n) is 5.71. The van der Waals surface area contributed by atoms with Crippen molar-refractivity contribution in [2.75, 3.05) is 31.1 Å². The number of imidazole rings is 1. The number of carboxylic acids is 1. The number of para-hydroxylation sites is 1. The van der Waals surface area contributed by atoms with Crippen molar-refractivity contribution in [3.63, 3.8) is 0 Å². The number of hydrogen-bond donors (Lipinski definition) is 2. The second-order valence-corrected chi connectivity index (χ2v) is 8.37. The summed E-state index contributed by atoms with van der Waals surface area (Å²) in [5.74, 6) is -4.71. The normalized spacial score (nSPS) is 14.1. The number of aryl methyl sites for hydroxylation is 1. The highest BCUT2D eigenvalue weighted by molar-refractivity contribution is 5.79. The molecule has 1 fully saturated rings. The Morgan fingerprint density at radius 3 is 2.12 bits per heavy atom. The number of rotatable bonds is 4. The van der Waals surface area contributed by atoms with Gasteiger partial charge in [0, 0.05) is 45.8 Å². The molecule has 1 aromatic carbocycles. The molecule has 1 saturated heterocycles. The van der Waals surface area contributed by atoms with E-state index in [1.165, 1.54) is 29.3 Å². The molecule has 1 aliphatic rings. The number of anilines is 1. The summed E-state index contributed by atoms with van der Waals surface area (Å²) in [5.41, 5.74) is -0.386. The zero-order valence-electron chi connectivity index (χ0n) is 20.8. The molecule has 3 aromatic rings. The minimum atomic E-state index is -5.13. The van der Waals surface area contributed by atoms with E-state index >= 15 is 0 Å². The van der Waals surface area contributed by atoms with Crippen LogP contribution in [-0.4, -0.2) is 74.3 Å². The molecule has 0 amide bonds. The van der Waals surface area contributed by atoms with E-state index in [0.29, 0.717) is 37.8 Å². The monoisotopic (exact) mass is 580 g/mol. The zero-order valence-corrected chi connectivity index (χ0v) is 20.8. The van der Waals surface area contributed by atoms with Gasteiger partial charge in [-0.05, 0) is 6.07 Å². The molecule has 12 nitrogen and oxygen atoms in total. The van der Waals surface area contributed by atoms with Crippen molar-refractivity contribution in [2.45, 2.75) is 19.0 Å². The van der Waals surface area contributed by atoms with Gasteiger partial charge in [-0.3, -0.25) is 18.5 Å². The number of carboxylic acid groups (broad SMARTS) is 1. The Balaban J connectivity index is 0.000000559. The van der Waals surface area contributed by atoms with Crippen LogP contribution in [-0.2, 0) is 35.0 Å². The molecule has 2 N–H and O–H groups in total. The van der Waals surface area contributed by atoms with Crippen molar-refractivity contribution in [2.24, 2.45) is 14.1 Å². The Bertz CT molecular complexity index is 1530. The second-order valence-electron chi connectivity index (χ2n) is 8.37. The highest BCUT2D eigenvalue weighted by Gasteiger charge is 2.41. The summed E-state index contributed by atoms with van der Waals surface area (Å²) in [6, 6.07) is 6.31. The maximum absolute atomic E-state index is 13.1. The smallest absolute Gasteiger partial charge is 0.475 e. The van der Waals surface area contributed by atoms with Crippen LogP contribution >= 0.6 is 0 Å². The van der Waals surface area contributed by atoms with Gasteiger partial charge in [-0.15, -0.1) is 0 Å². The highest BCUT2D eigenvalue weighted by atomic mass is 19.4. The first-order valence-corrected chi connectivity index (χ1v) is 11.3. The lowest BCUT2D eigenvalue weighted by Gasteiger charge is -2.29. The standard InChI is InChI=1S/C20H21F3N6O4.C2HF3O2/c1-26-15-14(16(30)27(2)19(26)32)29(18(25-15)28-9-7-24-8-10-28)13-6-4-3-5-12(13)11-33-17(31)20(21,22)23;3-2(4,5)1(6)7/h3-6,24H,7-11H2,1-2H3;(H,6,7). The second kappa shape index (κ2) is 11.4. The molecular weight excluding hydrogens is 558 g/mol. The van der Waals surface area contributed by atoms with Gasteiger partial charge in [-0.2, -0.15) is 31.3 Å². The predicted molar refractivity (Wildman–Crippen MR) is 126 cm³/mol. The quantitative estimate of drug-likeness (QED) is 0.343. The van der Waals surface area contributed by atoms with Crippen molar-refractivity contribution in [3.05, 3.63) is 50.7 Å². The van der Waals surface area contributed by atoms with Crippen LogP contribution in [0.5, 0.6) is 0 Å². The minimum Gasteiger partial charge on any atom is -0.475 e. The highest BCUT2D eigenvalue weighted by Crippen LogP contribution is 2.28. The zero-order chi connectivity index (χ0) is 30.0. The average molecular weight is 580 g/mol. The van der Waals surface area contributed by atoms with E-state index < -0.39 is 42.1 Å². The molecule has 0 atom stereocenters. The van der Waals surface area contributed by atoms with Gasteiger partial charge >= 0.3 is 30.0 Å². The number of ether oxygens (including phenoxy) is 1. The SMILES string of the molecule is Cn1c(=O)c2c(nc(N3CCNCC3)n2-c2ccccc2COC(=O)C(F)(F)F)n(C)c1=O.O=C(O)C(F)(F)F. The van der Waals surface area contributed by atoms with E-state index in [0.717, 1.165) is 4.57 Å². The number of halogens is 6. The van der Waals surface area contributed by atoms with E-state index in [1.54, 1.807) is 18.2 Å². The van der Waals surface area contributed by atoms with E-state index in [-0.39, 0.29) is 16.7 Å². The van der Waals surface area contributed by atoms with Crippen LogP contribution in [0, 0.1) is 0 Å². The molecule has 0 spiro atoms. The number of piperazine rings is 1. The van der Waals surface area contributed by atoms with Gasteiger partial charge in [-0.25, -0.2) is 14.4 Å². The van der Waals surface area contributed by atoms with Crippen molar-refractivity contribution in [1.82, 2.24) is 24.0 Å². The van der Waals surface area contributed by atoms with Crippen LogP contribution in [0.1, 0.15) is 5.56 Å². The Morgan fingerprint density at radius 2 is 1.57 bits per heavy atom. The van der Waals surface area contributed by atoms with Crippen LogP contribution in [0.4, 0.5) is 32.3 Å². The molecule has 4 rings (SSSR count). The van der Waals surface area contributed by atoms with E-state index in [4.69, 9.17) is 9.90 Å². The maximum atomic E-state index is 13.1. The minimum absolute atomic E-state index is 0.0859. The van der Waals surface area contributed by atoms with Crippen LogP contribution in [0.2, 0.25) is 0 Å². The number of esters is 1. The van der Waals surface area contributed by atoms with Gasteiger partial charge in [0.2, 0.25) is 5.95 Å². The van der Waals surface area contributed by atoms with Crippen molar-refractivity contribution < 1.29 is 45.8 Å². The number of nitrogens with zero attached hydrogens (tertiary/aromatic N) is 5. The molecular formula is C22H22F6N6O6. The van der Waals surface area contributed by atoms with Gasteiger partial charge in [-0.1, -0.05) is 18.2 Å². The molecule has 0 saturated carbocycles. The number of carbonyl (C=O) groups excluding carboxylic acids is 1. The fourth-order valence-electron chi connectivity index (χ4n) is 3.77. The summed E-state index contributed by atoms with van der Waals surface area (Å²) in [6.45, 7) is 1.77. The average Bonchev–Trinajstić information content (AvgIpc) is 3.30. The van der Waals surface area contributed by atoms with Gasteiger partial charge in [0.25, 0.3) is 5.56 Å². The Hall–Kier alpha value is -4.35. The third kappa shape index (κ3) is 6.27. The Kier molecular flexibility index (Phi) is 8.61. The van der Waals surface area contributed by atoms with Gasteiger partial charge in [0.15, 0.2) is 11.2 Å². The lowest BCUT2D eigenvalue weighted by molar-refractivity contribution is -0.201. The fraction of sp³-hybridized carbons (Fsp3) is 0.409. The van der Waals surface area contributed by atoms with E-state index in [2.05, 4.69) is 15.0 Å². The van der Waals surface area contributed by atoms with E-state index in [9.17, 15) is 40.7 Å². The summed E-state index contributed by atoms with van der Waals surface area (Å²) in [7, 11) is 2.82. The van der Waals surface area contributed by atoms with Gasteiger partial charge in [0.05, 0.1) is 5.69 Å². The molecule has 2 aromatic heterocycles. The van der Waals surface area contributed by atoms with Crippen molar-refractivity contribution in [3.8, 4) is 5.69 Å². The maximum Gasteiger partial charge on any atom is 0.490 e. The molecule has 0 unspecified atom stereocenters. The third-order valence-corrected chi connectivity index (χ3v) is 5.71. The van der Waals surface area contributed by atoms with Crippen LogP contribution in [0.25, 0.3) is 16.9 Å². The molecule has 218 valence electrons. The molecule has 0 aliphatic carbocycles. The first kappa shape index (κ1) is 30.2. The first-order valence-electron chi connectivity index (χ1n) is 11.3. The van der Waals surface area contributed by atoms with Crippen molar-refractivity contribution >= 4 is 29.1 Å². The van der Waals surface area contributed by atoms with Crippen LogP contribution in [0.3, 0.4) is 0 Å².